The molecule has 1 amide bonds. The van der Waals surface area contributed by atoms with Crippen LogP contribution < -0.4 is 16.4 Å². The number of benzene rings is 2. The van der Waals surface area contributed by atoms with Gasteiger partial charge in [0, 0.05) is 25.9 Å². The standard InChI is InChI=1S/C9H12N2O3.C9H13N.C5H10O.C4H8/c10-4-9(14)6-1-2-8(13)7(3-6)11-5-12;1-3-8-4-6-9(10-2)7-5-8;1-3-5-6-4-2;1-3-4-2/h1-3,5,9,13-14H,4,10H2,(H,11,12);4-7,10H,3H2,1-2H3;3H,1,4-5H2,2H3;3-4H,1-2H3/b;;;4-3-. The fraction of sp³-hybridized carbons (Fsp3) is 0.370. The zero-order valence-electron chi connectivity index (χ0n) is 21.3. The van der Waals surface area contributed by atoms with E-state index in [4.69, 9.17) is 10.5 Å². The van der Waals surface area contributed by atoms with E-state index in [9.17, 15) is 15.0 Å². The third kappa shape index (κ3) is 16.5. The van der Waals surface area contributed by atoms with Crippen LogP contribution in [0, 0.1) is 0 Å². The monoisotopic (exact) mass is 473 g/mol. The van der Waals surface area contributed by atoms with Crippen LogP contribution in [0.15, 0.2) is 67.3 Å². The lowest BCUT2D eigenvalue weighted by Gasteiger charge is -2.10. The summed E-state index contributed by atoms with van der Waals surface area (Å²) in [5.41, 5.74) is 8.63. The van der Waals surface area contributed by atoms with Crippen LogP contribution in [0.5, 0.6) is 5.75 Å². The van der Waals surface area contributed by atoms with Gasteiger partial charge in [-0.05, 0) is 62.6 Å². The summed E-state index contributed by atoms with van der Waals surface area (Å²) in [6, 6.07) is 12.9. The first-order chi connectivity index (χ1) is 16.4. The fourth-order valence-electron chi connectivity index (χ4n) is 2.18. The summed E-state index contributed by atoms with van der Waals surface area (Å²) in [5, 5.41) is 24.1. The lowest BCUT2D eigenvalue weighted by molar-refractivity contribution is -0.105. The van der Waals surface area contributed by atoms with E-state index in [2.05, 4.69) is 48.4 Å². The van der Waals surface area contributed by atoms with E-state index in [-0.39, 0.29) is 18.0 Å². The molecule has 0 radical (unpaired) electrons. The largest absolute Gasteiger partial charge is 0.506 e. The average Bonchev–Trinajstić information content (AvgIpc) is 2.89. The molecule has 1 unspecified atom stereocenters. The van der Waals surface area contributed by atoms with Gasteiger partial charge in [-0.1, -0.05) is 43.4 Å². The van der Waals surface area contributed by atoms with Gasteiger partial charge in [0.25, 0.3) is 0 Å². The van der Waals surface area contributed by atoms with Crippen molar-refractivity contribution in [3.05, 3.63) is 78.4 Å². The molecule has 7 nitrogen and oxygen atoms in total. The third-order valence-electron chi connectivity index (χ3n) is 4.27. The lowest BCUT2D eigenvalue weighted by atomic mass is 10.1. The number of hydrogen-bond donors (Lipinski definition) is 5. The number of allylic oxidation sites excluding steroid dienone is 2. The maximum absolute atomic E-state index is 10.2. The number of carbonyl (C=O) groups excluding carboxylic acids is 1. The van der Waals surface area contributed by atoms with Gasteiger partial charge < -0.3 is 31.3 Å². The zero-order chi connectivity index (χ0) is 26.2. The molecule has 190 valence electrons. The van der Waals surface area contributed by atoms with E-state index in [1.165, 1.54) is 23.4 Å². The van der Waals surface area contributed by atoms with Gasteiger partial charge in [0.05, 0.1) is 18.4 Å². The summed E-state index contributed by atoms with van der Waals surface area (Å²) in [5.74, 6) is -0.0509. The summed E-state index contributed by atoms with van der Waals surface area (Å²) >= 11 is 0. The quantitative estimate of drug-likeness (QED) is 0.151. The van der Waals surface area contributed by atoms with Crippen LogP contribution in [-0.4, -0.2) is 43.4 Å². The Balaban J connectivity index is 0. The van der Waals surface area contributed by atoms with Crippen LogP contribution in [0.2, 0.25) is 0 Å². The Bertz CT molecular complexity index is 766. The van der Waals surface area contributed by atoms with Gasteiger partial charge in [0.15, 0.2) is 0 Å². The molecule has 0 aliphatic carbocycles. The molecule has 0 aliphatic rings. The maximum Gasteiger partial charge on any atom is 0.211 e. The first kappa shape index (κ1) is 33.0. The summed E-state index contributed by atoms with van der Waals surface area (Å²) in [6.07, 6.45) is 6.52. The topological polar surface area (TPSA) is 117 Å². The van der Waals surface area contributed by atoms with Crippen LogP contribution in [-0.2, 0) is 16.0 Å². The van der Waals surface area contributed by atoms with Crippen molar-refractivity contribution in [3.63, 3.8) is 0 Å². The minimum absolute atomic E-state index is 0.0509. The van der Waals surface area contributed by atoms with Crippen molar-refractivity contribution >= 4 is 17.8 Å². The fourth-order valence-corrected chi connectivity index (χ4v) is 2.18. The molecule has 7 heteroatoms. The van der Waals surface area contributed by atoms with Gasteiger partial charge >= 0.3 is 0 Å². The van der Waals surface area contributed by atoms with Crippen molar-refractivity contribution in [3.8, 4) is 5.75 Å². The molecule has 0 heterocycles. The Morgan fingerprint density at radius 2 is 1.74 bits per heavy atom. The molecule has 2 aromatic rings. The second kappa shape index (κ2) is 23.0. The molecule has 6 N–H and O–H groups in total. The summed E-state index contributed by atoms with van der Waals surface area (Å²) < 4.78 is 4.86. The highest BCUT2D eigenvalue weighted by Gasteiger charge is 2.08. The number of hydrogen-bond acceptors (Lipinski definition) is 6. The zero-order valence-corrected chi connectivity index (χ0v) is 21.3. The highest BCUT2D eigenvalue weighted by molar-refractivity contribution is 5.75. The Hall–Kier alpha value is -3.13. The maximum atomic E-state index is 10.2. The highest BCUT2D eigenvalue weighted by atomic mass is 16.5. The molecule has 0 fully saturated rings. The van der Waals surface area contributed by atoms with Crippen molar-refractivity contribution in [1.29, 1.82) is 0 Å². The number of amides is 1. The average molecular weight is 474 g/mol. The van der Waals surface area contributed by atoms with Crippen molar-refractivity contribution in [2.75, 3.05) is 37.4 Å². The predicted molar refractivity (Wildman–Crippen MR) is 144 cm³/mol. The van der Waals surface area contributed by atoms with Crippen molar-refractivity contribution < 1.29 is 19.7 Å². The van der Waals surface area contributed by atoms with Gasteiger partial charge in [-0.25, -0.2) is 0 Å². The number of phenolic OH excluding ortho intramolecular Hbond substituents is 1. The third-order valence-corrected chi connectivity index (χ3v) is 4.27. The number of carbonyl (C=O) groups is 1. The van der Waals surface area contributed by atoms with Gasteiger partial charge in [-0.15, -0.1) is 6.58 Å². The number of nitrogens with two attached hydrogens (primary N) is 1. The molecule has 0 bridgehead atoms. The minimum Gasteiger partial charge on any atom is -0.506 e. The van der Waals surface area contributed by atoms with Crippen LogP contribution in [0.4, 0.5) is 11.4 Å². The molecule has 1 atom stereocenters. The number of aliphatic hydroxyl groups excluding tert-OH is 1. The predicted octanol–water partition coefficient (Wildman–Crippen LogP) is 5.03. The van der Waals surface area contributed by atoms with Gasteiger partial charge in [0.1, 0.15) is 5.75 Å². The van der Waals surface area contributed by atoms with Crippen molar-refractivity contribution in [2.45, 2.75) is 40.2 Å². The summed E-state index contributed by atoms with van der Waals surface area (Å²) in [6.45, 7) is 13.1. The number of ether oxygens (including phenoxy) is 1. The lowest BCUT2D eigenvalue weighted by Crippen LogP contribution is -2.11. The minimum atomic E-state index is -0.789. The smallest absolute Gasteiger partial charge is 0.211 e. The van der Waals surface area contributed by atoms with E-state index in [0.717, 1.165) is 13.0 Å². The second-order valence-electron chi connectivity index (χ2n) is 6.71. The number of phenols is 1. The van der Waals surface area contributed by atoms with Crippen LogP contribution >= 0.6 is 0 Å². The van der Waals surface area contributed by atoms with E-state index in [1.807, 2.05) is 40.0 Å². The summed E-state index contributed by atoms with van der Waals surface area (Å²) in [7, 11) is 1.93. The second-order valence-corrected chi connectivity index (χ2v) is 6.71. The number of aliphatic hydroxyl groups is 1. The molecule has 34 heavy (non-hydrogen) atoms. The van der Waals surface area contributed by atoms with Gasteiger partial charge in [-0.3, -0.25) is 4.79 Å². The number of rotatable bonds is 9. The number of aryl methyl sites for hydroxylation is 1. The van der Waals surface area contributed by atoms with E-state index >= 15 is 0 Å². The first-order valence-corrected chi connectivity index (χ1v) is 11.3. The summed E-state index contributed by atoms with van der Waals surface area (Å²) in [4.78, 5) is 10.2. The number of nitrogens with one attached hydrogen (secondary N) is 2. The molecule has 0 aromatic heterocycles. The number of aromatic hydroxyl groups is 1. The Kier molecular flexibility index (Phi) is 22.4. The SMILES string of the molecule is C/C=C\C.C=CCOCC.CCc1ccc(NC)cc1.NCC(O)c1ccc(O)c(NC=O)c1. The molecule has 2 aromatic carbocycles. The van der Waals surface area contributed by atoms with Gasteiger partial charge in [0.2, 0.25) is 6.41 Å². The Labute approximate surface area is 205 Å². The molecule has 0 aliphatic heterocycles. The molecular formula is C27H43N3O4. The Morgan fingerprint density at radius 1 is 1.12 bits per heavy atom. The van der Waals surface area contributed by atoms with Gasteiger partial charge in [-0.2, -0.15) is 0 Å². The first-order valence-electron chi connectivity index (χ1n) is 11.3. The van der Waals surface area contributed by atoms with Crippen molar-refractivity contribution in [2.24, 2.45) is 5.73 Å². The van der Waals surface area contributed by atoms with Crippen LogP contribution in [0.1, 0.15) is 44.9 Å². The molecule has 0 spiro atoms. The molecule has 2 rings (SSSR count). The normalized spacial score (nSPS) is 10.3. The molecule has 0 saturated heterocycles. The highest BCUT2D eigenvalue weighted by Crippen LogP contribution is 2.26. The van der Waals surface area contributed by atoms with E-state index < -0.39 is 6.10 Å². The molecule has 0 saturated carbocycles. The Morgan fingerprint density at radius 3 is 2.12 bits per heavy atom. The van der Waals surface area contributed by atoms with E-state index in [0.29, 0.717) is 18.6 Å². The molecular weight excluding hydrogens is 430 g/mol. The van der Waals surface area contributed by atoms with Crippen LogP contribution in [0.25, 0.3) is 0 Å². The van der Waals surface area contributed by atoms with Crippen LogP contribution in [0.3, 0.4) is 0 Å². The number of anilines is 2. The van der Waals surface area contributed by atoms with E-state index in [1.54, 1.807) is 12.1 Å². The van der Waals surface area contributed by atoms with Crippen molar-refractivity contribution in [1.82, 2.24) is 0 Å².